The summed E-state index contributed by atoms with van der Waals surface area (Å²) in [5.41, 5.74) is 3.45. The van der Waals surface area contributed by atoms with E-state index in [-0.39, 0.29) is 0 Å². The number of anilines is 1. The topological polar surface area (TPSA) is 21.3 Å². The molecule has 0 fully saturated rings. The standard InChI is InChI=1S/C15H13NOS/c1-17-12-8-6-11(7-9-12)14-10-18-15-5-3-2-4-13(15)16-14/h2-10,16H,1H3. The molecule has 0 saturated carbocycles. The zero-order valence-electron chi connectivity index (χ0n) is 10.0. The highest BCUT2D eigenvalue weighted by atomic mass is 32.2. The molecule has 0 spiro atoms. The van der Waals surface area contributed by atoms with Gasteiger partial charge >= 0.3 is 0 Å². The molecule has 0 aliphatic carbocycles. The van der Waals surface area contributed by atoms with Crippen LogP contribution in [0.5, 0.6) is 5.75 Å². The predicted molar refractivity (Wildman–Crippen MR) is 76.9 cm³/mol. The Morgan fingerprint density at radius 3 is 2.56 bits per heavy atom. The quantitative estimate of drug-likeness (QED) is 0.868. The van der Waals surface area contributed by atoms with Gasteiger partial charge in [0.1, 0.15) is 5.75 Å². The number of hydrogen-bond acceptors (Lipinski definition) is 3. The Labute approximate surface area is 111 Å². The minimum absolute atomic E-state index is 0.878. The molecular weight excluding hydrogens is 242 g/mol. The molecule has 1 aliphatic heterocycles. The maximum Gasteiger partial charge on any atom is 0.118 e. The van der Waals surface area contributed by atoms with Gasteiger partial charge in [-0.15, -0.1) is 0 Å². The van der Waals surface area contributed by atoms with Crippen molar-refractivity contribution in [3.63, 3.8) is 0 Å². The van der Waals surface area contributed by atoms with E-state index in [1.54, 1.807) is 18.9 Å². The van der Waals surface area contributed by atoms with Crippen LogP contribution in [0.15, 0.2) is 58.8 Å². The second-order valence-electron chi connectivity index (χ2n) is 4.00. The van der Waals surface area contributed by atoms with E-state index in [2.05, 4.69) is 41.1 Å². The third kappa shape index (κ3) is 2.09. The molecule has 3 heteroatoms. The van der Waals surface area contributed by atoms with E-state index in [4.69, 9.17) is 4.74 Å². The number of hydrogen-bond donors (Lipinski definition) is 1. The van der Waals surface area contributed by atoms with Crippen LogP contribution in [-0.4, -0.2) is 7.11 Å². The SMILES string of the molecule is COc1ccc(C2=CSc3ccccc3N2)cc1. The van der Waals surface area contributed by atoms with E-state index in [0.29, 0.717) is 0 Å². The van der Waals surface area contributed by atoms with Crippen LogP contribution in [0.1, 0.15) is 5.56 Å². The molecular formula is C15H13NOS. The first-order valence-electron chi connectivity index (χ1n) is 5.74. The van der Waals surface area contributed by atoms with Crippen LogP contribution < -0.4 is 10.1 Å². The highest BCUT2D eigenvalue weighted by Gasteiger charge is 2.11. The third-order valence-electron chi connectivity index (χ3n) is 2.86. The van der Waals surface area contributed by atoms with Crippen molar-refractivity contribution in [3.8, 4) is 5.75 Å². The lowest BCUT2D eigenvalue weighted by atomic mass is 10.1. The lowest BCUT2D eigenvalue weighted by Gasteiger charge is -2.18. The molecule has 2 aromatic rings. The molecule has 0 amide bonds. The fraction of sp³-hybridized carbons (Fsp3) is 0.0667. The fourth-order valence-corrected chi connectivity index (χ4v) is 2.72. The molecule has 0 unspecified atom stereocenters. The van der Waals surface area contributed by atoms with Crippen LogP contribution in [-0.2, 0) is 0 Å². The molecule has 0 bridgehead atoms. The highest BCUT2D eigenvalue weighted by molar-refractivity contribution is 8.02. The van der Waals surface area contributed by atoms with Crippen LogP contribution >= 0.6 is 11.8 Å². The maximum atomic E-state index is 5.17. The molecule has 2 nitrogen and oxygen atoms in total. The summed E-state index contributed by atoms with van der Waals surface area (Å²) in [6.07, 6.45) is 0. The van der Waals surface area contributed by atoms with Crippen molar-refractivity contribution >= 4 is 23.1 Å². The van der Waals surface area contributed by atoms with E-state index in [9.17, 15) is 0 Å². The van der Waals surface area contributed by atoms with E-state index in [0.717, 1.165) is 22.7 Å². The van der Waals surface area contributed by atoms with Crippen molar-refractivity contribution in [2.75, 3.05) is 12.4 Å². The van der Waals surface area contributed by atoms with Crippen LogP contribution in [0, 0.1) is 0 Å². The number of rotatable bonds is 2. The Kier molecular flexibility index (Phi) is 2.99. The molecule has 1 aliphatic rings. The van der Waals surface area contributed by atoms with Crippen LogP contribution in [0.25, 0.3) is 5.70 Å². The number of fused-ring (bicyclic) bond motifs is 1. The first-order chi connectivity index (χ1) is 8.86. The average molecular weight is 255 g/mol. The van der Waals surface area contributed by atoms with Gasteiger partial charge in [0.05, 0.1) is 18.5 Å². The zero-order chi connectivity index (χ0) is 12.4. The number of methoxy groups -OCH3 is 1. The largest absolute Gasteiger partial charge is 0.497 e. The number of thioether (sulfide) groups is 1. The molecule has 3 rings (SSSR count). The molecule has 18 heavy (non-hydrogen) atoms. The van der Waals surface area contributed by atoms with Crippen molar-refractivity contribution in [2.45, 2.75) is 4.90 Å². The van der Waals surface area contributed by atoms with Gasteiger partial charge in [-0.05, 0) is 42.0 Å². The molecule has 0 atom stereocenters. The summed E-state index contributed by atoms with van der Waals surface area (Å²) in [4.78, 5) is 1.26. The number of benzene rings is 2. The van der Waals surface area contributed by atoms with E-state index in [1.807, 2.05) is 18.2 Å². The van der Waals surface area contributed by atoms with Gasteiger partial charge in [0.25, 0.3) is 0 Å². The summed E-state index contributed by atoms with van der Waals surface area (Å²) in [7, 11) is 1.68. The smallest absolute Gasteiger partial charge is 0.118 e. The normalized spacial score (nSPS) is 13.3. The second kappa shape index (κ2) is 4.78. The van der Waals surface area contributed by atoms with Crippen LogP contribution in [0.4, 0.5) is 5.69 Å². The molecule has 0 saturated heterocycles. The summed E-state index contributed by atoms with van der Waals surface area (Å²) in [6.45, 7) is 0. The van der Waals surface area contributed by atoms with Crippen molar-refractivity contribution in [1.29, 1.82) is 0 Å². The van der Waals surface area contributed by atoms with Crippen molar-refractivity contribution in [3.05, 3.63) is 59.5 Å². The molecule has 2 aromatic carbocycles. The predicted octanol–water partition coefficient (Wildman–Crippen LogP) is 4.21. The summed E-state index contributed by atoms with van der Waals surface area (Å²) >= 11 is 1.75. The molecule has 90 valence electrons. The Balaban J connectivity index is 1.88. The van der Waals surface area contributed by atoms with Gasteiger partial charge in [-0.25, -0.2) is 0 Å². The molecule has 0 aromatic heterocycles. The van der Waals surface area contributed by atoms with E-state index in [1.165, 1.54) is 4.90 Å². The van der Waals surface area contributed by atoms with Gasteiger partial charge in [0.2, 0.25) is 0 Å². The number of nitrogens with one attached hydrogen (secondary N) is 1. The van der Waals surface area contributed by atoms with Gasteiger partial charge in [-0.2, -0.15) is 0 Å². The molecule has 1 heterocycles. The minimum atomic E-state index is 0.878. The first-order valence-corrected chi connectivity index (χ1v) is 6.62. The number of para-hydroxylation sites is 1. The van der Waals surface area contributed by atoms with E-state index < -0.39 is 0 Å². The van der Waals surface area contributed by atoms with Crippen LogP contribution in [0.2, 0.25) is 0 Å². The minimum Gasteiger partial charge on any atom is -0.497 e. The summed E-state index contributed by atoms with van der Waals surface area (Å²) in [5, 5.41) is 5.59. The number of ether oxygens (including phenoxy) is 1. The highest BCUT2D eigenvalue weighted by Crippen LogP contribution is 2.37. The van der Waals surface area contributed by atoms with Crippen LogP contribution in [0.3, 0.4) is 0 Å². The van der Waals surface area contributed by atoms with Crippen molar-refractivity contribution in [2.24, 2.45) is 0 Å². The van der Waals surface area contributed by atoms with Crippen molar-refractivity contribution in [1.82, 2.24) is 0 Å². The lowest BCUT2D eigenvalue weighted by molar-refractivity contribution is 0.415. The van der Waals surface area contributed by atoms with Gasteiger partial charge in [0.15, 0.2) is 0 Å². The molecule has 0 radical (unpaired) electrons. The van der Waals surface area contributed by atoms with Crippen molar-refractivity contribution < 1.29 is 4.74 Å². The summed E-state index contributed by atoms with van der Waals surface area (Å²) < 4.78 is 5.17. The summed E-state index contributed by atoms with van der Waals surface area (Å²) in [6, 6.07) is 16.4. The lowest BCUT2D eigenvalue weighted by Crippen LogP contribution is -2.02. The Bertz CT molecular complexity index is 590. The Hall–Kier alpha value is -1.87. The third-order valence-corrected chi connectivity index (χ3v) is 3.82. The Morgan fingerprint density at radius 1 is 1.00 bits per heavy atom. The molecule has 1 N–H and O–H groups in total. The monoisotopic (exact) mass is 255 g/mol. The first kappa shape index (κ1) is 11.2. The fourth-order valence-electron chi connectivity index (χ4n) is 1.88. The Morgan fingerprint density at radius 2 is 1.78 bits per heavy atom. The summed E-state index contributed by atoms with van der Waals surface area (Å²) in [5.74, 6) is 0.878. The maximum absolute atomic E-state index is 5.17. The zero-order valence-corrected chi connectivity index (χ0v) is 10.8. The van der Waals surface area contributed by atoms with Gasteiger partial charge < -0.3 is 10.1 Å². The van der Waals surface area contributed by atoms with Gasteiger partial charge in [0, 0.05) is 10.3 Å². The second-order valence-corrected chi connectivity index (χ2v) is 4.91. The van der Waals surface area contributed by atoms with E-state index >= 15 is 0 Å². The van der Waals surface area contributed by atoms with Gasteiger partial charge in [-0.3, -0.25) is 0 Å². The van der Waals surface area contributed by atoms with Gasteiger partial charge in [-0.1, -0.05) is 23.9 Å². The average Bonchev–Trinajstić information content (AvgIpc) is 2.47.